The Labute approximate surface area is 131 Å². The monoisotopic (exact) mass is 326 g/mol. The smallest absolute Gasteiger partial charge is 0.274 e. The number of hydrogen-bond acceptors (Lipinski definition) is 6. The summed E-state index contributed by atoms with van der Waals surface area (Å²) in [7, 11) is -1.41. The number of carbonyl (C=O) groups excluding carboxylic acids is 1. The number of sulfone groups is 1. The van der Waals surface area contributed by atoms with Gasteiger partial charge in [-0.2, -0.15) is 0 Å². The third-order valence-electron chi connectivity index (χ3n) is 3.97. The molecule has 0 spiro atoms. The lowest BCUT2D eigenvalue weighted by Crippen LogP contribution is -2.38. The molecule has 1 aromatic rings. The Balaban J connectivity index is 2.03. The molecule has 1 aliphatic rings. The highest BCUT2D eigenvalue weighted by atomic mass is 32.2. The van der Waals surface area contributed by atoms with E-state index in [-0.39, 0.29) is 35.2 Å². The first kappa shape index (κ1) is 16.7. The molecule has 2 heterocycles. The molecule has 1 aliphatic heterocycles. The topological polar surface area (TPSA) is 92.3 Å². The molecule has 1 amide bonds. The highest BCUT2D eigenvalue weighted by Gasteiger charge is 2.33. The van der Waals surface area contributed by atoms with Crippen LogP contribution in [0.15, 0.2) is 12.1 Å². The minimum Gasteiger partial charge on any atom is -0.366 e. The first-order valence-corrected chi connectivity index (χ1v) is 9.22. The summed E-state index contributed by atoms with van der Waals surface area (Å²) >= 11 is 0. The fourth-order valence-electron chi connectivity index (χ4n) is 2.31. The van der Waals surface area contributed by atoms with Gasteiger partial charge in [0.2, 0.25) is 0 Å². The molecule has 1 N–H and O–H groups in total. The predicted molar refractivity (Wildman–Crippen MR) is 84.6 cm³/mol. The van der Waals surface area contributed by atoms with Crippen LogP contribution in [0, 0.1) is 0 Å². The molecular weight excluding hydrogens is 304 g/mol. The lowest BCUT2D eigenvalue weighted by molar-refractivity contribution is 0.0740. The van der Waals surface area contributed by atoms with Crippen LogP contribution in [0.1, 0.15) is 37.2 Å². The van der Waals surface area contributed by atoms with Gasteiger partial charge in [0, 0.05) is 19.1 Å². The summed E-state index contributed by atoms with van der Waals surface area (Å²) in [6.07, 6.45) is 1.44. The number of nitrogens with one attached hydrogen (secondary N) is 1. The zero-order valence-corrected chi connectivity index (χ0v) is 13.9. The number of carbonyl (C=O) groups is 1. The van der Waals surface area contributed by atoms with Gasteiger partial charge < -0.3 is 10.2 Å². The molecule has 122 valence electrons. The van der Waals surface area contributed by atoms with Crippen LogP contribution in [0.4, 0.5) is 5.82 Å². The highest BCUT2D eigenvalue weighted by Crippen LogP contribution is 2.18. The second kappa shape index (κ2) is 6.60. The van der Waals surface area contributed by atoms with E-state index in [0.29, 0.717) is 12.2 Å². The average molecular weight is 326 g/mol. The zero-order valence-electron chi connectivity index (χ0n) is 13.1. The maximum atomic E-state index is 12.3. The molecule has 2 atom stereocenters. The van der Waals surface area contributed by atoms with Crippen molar-refractivity contribution in [3.05, 3.63) is 17.8 Å². The SMILES string of the molecule is CCC(C)Nc1ccc(C(=O)N(C)C2CCS(=O)(=O)C2)nn1. The van der Waals surface area contributed by atoms with Crippen LogP contribution < -0.4 is 5.32 Å². The van der Waals surface area contributed by atoms with Gasteiger partial charge in [-0.1, -0.05) is 6.92 Å². The van der Waals surface area contributed by atoms with E-state index in [1.165, 1.54) is 4.90 Å². The summed E-state index contributed by atoms with van der Waals surface area (Å²) in [5.41, 5.74) is 0.224. The zero-order chi connectivity index (χ0) is 16.3. The largest absolute Gasteiger partial charge is 0.366 e. The lowest BCUT2D eigenvalue weighted by Gasteiger charge is -2.22. The second-order valence-corrected chi connectivity index (χ2v) is 7.96. The third kappa shape index (κ3) is 3.94. The molecule has 1 fully saturated rings. The van der Waals surface area contributed by atoms with Gasteiger partial charge in [0.15, 0.2) is 15.5 Å². The van der Waals surface area contributed by atoms with Gasteiger partial charge in [-0.15, -0.1) is 10.2 Å². The summed E-state index contributed by atoms with van der Waals surface area (Å²) in [5.74, 6) is 0.483. The van der Waals surface area contributed by atoms with Crippen LogP contribution in [0.5, 0.6) is 0 Å². The van der Waals surface area contributed by atoms with Crippen molar-refractivity contribution in [3.63, 3.8) is 0 Å². The fraction of sp³-hybridized carbons (Fsp3) is 0.643. The maximum Gasteiger partial charge on any atom is 0.274 e. The highest BCUT2D eigenvalue weighted by molar-refractivity contribution is 7.91. The van der Waals surface area contributed by atoms with E-state index in [4.69, 9.17) is 0 Å². The van der Waals surface area contributed by atoms with Gasteiger partial charge in [-0.3, -0.25) is 4.79 Å². The standard InChI is InChI=1S/C14H22N4O3S/c1-4-10(2)15-13-6-5-12(16-17-13)14(19)18(3)11-7-8-22(20,21)9-11/h5-6,10-11H,4,7-9H2,1-3H3,(H,15,17). The molecule has 0 aliphatic carbocycles. The fourth-order valence-corrected chi connectivity index (χ4v) is 4.08. The Kier molecular flexibility index (Phi) is 5.00. The summed E-state index contributed by atoms with van der Waals surface area (Å²) in [4.78, 5) is 13.8. The molecule has 0 bridgehead atoms. The van der Waals surface area contributed by atoms with Crippen molar-refractivity contribution in [2.45, 2.75) is 38.8 Å². The first-order valence-electron chi connectivity index (χ1n) is 7.40. The van der Waals surface area contributed by atoms with Crippen molar-refractivity contribution < 1.29 is 13.2 Å². The molecule has 0 radical (unpaired) electrons. The quantitative estimate of drug-likeness (QED) is 0.866. The van der Waals surface area contributed by atoms with Crippen LogP contribution in [0.25, 0.3) is 0 Å². The number of anilines is 1. The molecule has 7 nitrogen and oxygen atoms in total. The summed E-state index contributed by atoms with van der Waals surface area (Å²) in [5, 5.41) is 11.1. The van der Waals surface area contributed by atoms with Crippen molar-refractivity contribution in [3.8, 4) is 0 Å². The van der Waals surface area contributed by atoms with Gasteiger partial charge in [0.05, 0.1) is 11.5 Å². The Morgan fingerprint density at radius 2 is 2.18 bits per heavy atom. The van der Waals surface area contributed by atoms with E-state index in [1.54, 1.807) is 19.2 Å². The maximum absolute atomic E-state index is 12.3. The minimum atomic E-state index is -3.02. The van der Waals surface area contributed by atoms with Gasteiger partial charge in [-0.05, 0) is 31.9 Å². The van der Waals surface area contributed by atoms with Crippen molar-refractivity contribution in [1.82, 2.24) is 15.1 Å². The minimum absolute atomic E-state index is 0.0241. The Morgan fingerprint density at radius 3 is 2.68 bits per heavy atom. The van der Waals surface area contributed by atoms with Crippen LogP contribution in [-0.2, 0) is 9.84 Å². The van der Waals surface area contributed by atoms with E-state index >= 15 is 0 Å². The van der Waals surface area contributed by atoms with Gasteiger partial charge in [0.25, 0.3) is 5.91 Å². The number of rotatable bonds is 5. The Morgan fingerprint density at radius 1 is 1.45 bits per heavy atom. The van der Waals surface area contributed by atoms with Gasteiger partial charge in [-0.25, -0.2) is 8.42 Å². The average Bonchev–Trinajstić information content (AvgIpc) is 2.86. The summed E-state index contributed by atoms with van der Waals surface area (Å²) < 4.78 is 23.0. The molecule has 8 heteroatoms. The number of hydrogen-bond donors (Lipinski definition) is 1. The molecule has 1 aromatic heterocycles. The van der Waals surface area contributed by atoms with E-state index in [2.05, 4.69) is 22.4 Å². The second-order valence-electron chi connectivity index (χ2n) is 5.73. The van der Waals surface area contributed by atoms with Gasteiger partial charge in [0.1, 0.15) is 5.82 Å². The third-order valence-corrected chi connectivity index (χ3v) is 5.72. The van der Waals surface area contributed by atoms with Crippen molar-refractivity contribution in [1.29, 1.82) is 0 Å². The number of aromatic nitrogens is 2. The first-order chi connectivity index (χ1) is 10.3. The van der Waals surface area contributed by atoms with Gasteiger partial charge >= 0.3 is 0 Å². The normalized spacial score (nSPS) is 21.3. The van der Waals surface area contributed by atoms with Crippen LogP contribution in [0.3, 0.4) is 0 Å². The van der Waals surface area contributed by atoms with Crippen LogP contribution in [-0.4, -0.2) is 60.1 Å². The number of nitrogens with zero attached hydrogens (tertiary/aromatic N) is 3. The summed E-state index contributed by atoms with van der Waals surface area (Å²) in [6.45, 7) is 4.10. The summed E-state index contributed by atoms with van der Waals surface area (Å²) in [6, 6.07) is 3.32. The molecule has 0 saturated carbocycles. The van der Waals surface area contributed by atoms with Crippen LogP contribution >= 0.6 is 0 Å². The lowest BCUT2D eigenvalue weighted by atomic mass is 10.2. The molecule has 22 heavy (non-hydrogen) atoms. The molecule has 2 rings (SSSR count). The van der Waals surface area contributed by atoms with Crippen molar-refractivity contribution in [2.24, 2.45) is 0 Å². The molecule has 1 saturated heterocycles. The van der Waals surface area contributed by atoms with E-state index < -0.39 is 9.84 Å². The molecule has 2 unspecified atom stereocenters. The Hall–Kier alpha value is -1.70. The Bertz CT molecular complexity index is 630. The van der Waals surface area contributed by atoms with Crippen LogP contribution in [0.2, 0.25) is 0 Å². The molecule has 0 aromatic carbocycles. The van der Waals surface area contributed by atoms with E-state index in [0.717, 1.165) is 6.42 Å². The van der Waals surface area contributed by atoms with E-state index in [1.807, 2.05) is 6.92 Å². The predicted octanol–water partition coefficient (Wildman–Crippen LogP) is 0.946. The molecular formula is C14H22N4O3S. The number of amides is 1. The van der Waals surface area contributed by atoms with Crippen molar-refractivity contribution >= 4 is 21.6 Å². The van der Waals surface area contributed by atoms with Crippen molar-refractivity contribution in [2.75, 3.05) is 23.9 Å². The van der Waals surface area contributed by atoms with E-state index in [9.17, 15) is 13.2 Å².